The molecule has 0 aliphatic carbocycles. The molecule has 18 heavy (non-hydrogen) atoms. The van der Waals surface area contributed by atoms with Crippen LogP contribution in [0, 0.1) is 0 Å². The van der Waals surface area contributed by atoms with Gasteiger partial charge in [-0.15, -0.1) is 11.3 Å². The molecule has 0 bridgehead atoms. The zero-order valence-electron chi connectivity index (χ0n) is 10.1. The smallest absolute Gasteiger partial charge is 0.0926 e. The number of hydrogen-bond acceptors (Lipinski definition) is 2. The zero-order chi connectivity index (χ0) is 12.5. The Morgan fingerprint density at radius 1 is 1.33 bits per heavy atom. The maximum atomic E-state index is 4.62. The average Bonchev–Trinajstić information content (AvgIpc) is 2.97. The van der Waals surface area contributed by atoms with Crippen LogP contribution in [0.3, 0.4) is 0 Å². The number of aromatic nitrogens is 2. The van der Waals surface area contributed by atoms with Crippen LogP contribution in [-0.4, -0.2) is 9.55 Å². The lowest BCUT2D eigenvalue weighted by Gasteiger charge is -2.03. The van der Waals surface area contributed by atoms with Crippen LogP contribution in [0.2, 0.25) is 0 Å². The third-order valence-corrected chi connectivity index (χ3v) is 4.51. The van der Waals surface area contributed by atoms with Crippen molar-refractivity contribution in [2.24, 2.45) is 0 Å². The minimum absolute atomic E-state index is 0.844. The molecule has 0 saturated carbocycles. The van der Waals surface area contributed by atoms with Crippen molar-refractivity contribution in [1.29, 1.82) is 0 Å². The van der Waals surface area contributed by atoms with Crippen molar-refractivity contribution < 1.29 is 0 Å². The lowest BCUT2D eigenvalue weighted by Crippen LogP contribution is -1.98. The van der Waals surface area contributed by atoms with E-state index in [4.69, 9.17) is 0 Å². The predicted molar refractivity (Wildman–Crippen MR) is 80.2 cm³/mol. The predicted octanol–water partition coefficient (Wildman–Crippen LogP) is 4.47. The molecule has 92 valence electrons. The second kappa shape index (κ2) is 4.86. The number of halogens is 1. The van der Waals surface area contributed by atoms with Crippen molar-refractivity contribution in [3.63, 3.8) is 0 Å². The van der Waals surface area contributed by atoms with Gasteiger partial charge in [-0.3, -0.25) is 0 Å². The molecule has 0 fully saturated rings. The molecule has 0 amide bonds. The van der Waals surface area contributed by atoms with Crippen molar-refractivity contribution in [3.8, 4) is 0 Å². The molecular weight excluding hydrogens is 308 g/mol. The highest BCUT2D eigenvalue weighted by molar-refractivity contribution is 9.10. The van der Waals surface area contributed by atoms with Crippen LogP contribution in [0.25, 0.3) is 10.9 Å². The van der Waals surface area contributed by atoms with Crippen LogP contribution in [0.15, 0.2) is 40.3 Å². The van der Waals surface area contributed by atoms with Crippen molar-refractivity contribution in [2.45, 2.75) is 19.9 Å². The molecule has 0 radical (unpaired) electrons. The van der Waals surface area contributed by atoms with Gasteiger partial charge in [0.05, 0.1) is 17.2 Å². The van der Waals surface area contributed by atoms with Gasteiger partial charge in [0, 0.05) is 21.6 Å². The minimum Gasteiger partial charge on any atom is -0.341 e. The summed E-state index contributed by atoms with van der Waals surface area (Å²) in [5.74, 6) is 0. The van der Waals surface area contributed by atoms with E-state index in [2.05, 4.69) is 68.2 Å². The van der Waals surface area contributed by atoms with Crippen LogP contribution in [0.1, 0.15) is 17.6 Å². The summed E-state index contributed by atoms with van der Waals surface area (Å²) < 4.78 is 3.36. The van der Waals surface area contributed by atoms with E-state index in [0.29, 0.717) is 0 Å². The molecular formula is C14H13BrN2S. The second-order valence-electron chi connectivity index (χ2n) is 4.23. The highest BCUT2D eigenvalue weighted by Crippen LogP contribution is 2.22. The first kappa shape index (κ1) is 11.9. The van der Waals surface area contributed by atoms with Gasteiger partial charge >= 0.3 is 0 Å². The highest BCUT2D eigenvalue weighted by atomic mass is 79.9. The topological polar surface area (TPSA) is 17.8 Å². The number of benzene rings is 1. The average molecular weight is 321 g/mol. The molecule has 0 aliphatic heterocycles. The summed E-state index contributed by atoms with van der Waals surface area (Å²) in [6, 6.07) is 8.51. The lowest BCUT2D eigenvalue weighted by molar-refractivity contribution is 0.808. The fourth-order valence-corrected chi connectivity index (χ4v) is 3.14. The van der Waals surface area contributed by atoms with Gasteiger partial charge < -0.3 is 4.57 Å². The number of fused-ring (bicyclic) bond motifs is 1. The molecule has 0 atom stereocenters. The van der Waals surface area contributed by atoms with Crippen LogP contribution in [-0.2, 0) is 13.0 Å². The second-order valence-corrected chi connectivity index (χ2v) is 6.09. The highest BCUT2D eigenvalue weighted by Gasteiger charge is 2.05. The molecule has 4 heteroatoms. The van der Waals surface area contributed by atoms with E-state index in [1.807, 2.05) is 0 Å². The Morgan fingerprint density at radius 3 is 3.00 bits per heavy atom. The first-order valence-electron chi connectivity index (χ1n) is 5.94. The van der Waals surface area contributed by atoms with Gasteiger partial charge in [-0.05, 0) is 30.0 Å². The van der Waals surface area contributed by atoms with Crippen molar-refractivity contribution >= 4 is 38.2 Å². The summed E-state index contributed by atoms with van der Waals surface area (Å²) in [7, 11) is 0. The van der Waals surface area contributed by atoms with E-state index in [1.54, 1.807) is 11.3 Å². The van der Waals surface area contributed by atoms with Crippen LogP contribution in [0.5, 0.6) is 0 Å². The van der Waals surface area contributed by atoms with Crippen LogP contribution in [0.4, 0.5) is 0 Å². The molecule has 2 nitrogen and oxygen atoms in total. The fourth-order valence-electron chi connectivity index (χ4n) is 2.05. The fraction of sp³-hybridized carbons (Fsp3) is 0.214. The van der Waals surface area contributed by atoms with Gasteiger partial charge in [-0.1, -0.05) is 28.9 Å². The van der Waals surface area contributed by atoms with E-state index in [9.17, 15) is 0 Å². The molecule has 2 heterocycles. The van der Waals surface area contributed by atoms with Gasteiger partial charge in [0.2, 0.25) is 0 Å². The molecule has 1 aromatic carbocycles. The molecule has 3 aromatic rings. The maximum absolute atomic E-state index is 4.62. The van der Waals surface area contributed by atoms with Gasteiger partial charge in [-0.25, -0.2) is 4.98 Å². The molecule has 0 unspecified atom stereocenters. The molecule has 0 aliphatic rings. The standard InChI is InChI=1S/C14H13BrN2S/c1-2-14-16-12(9-18-14)8-17-6-5-10-3-4-11(15)7-13(10)17/h3-7,9H,2,8H2,1H3. The Bertz CT molecular complexity index is 684. The minimum atomic E-state index is 0.844. The number of aryl methyl sites for hydroxylation is 1. The molecule has 0 N–H and O–H groups in total. The summed E-state index contributed by atoms with van der Waals surface area (Å²) in [5.41, 5.74) is 2.39. The quantitative estimate of drug-likeness (QED) is 0.696. The largest absolute Gasteiger partial charge is 0.341 e. The molecule has 2 aromatic heterocycles. The number of hydrogen-bond donors (Lipinski definition) is 0. The number of rotatable bonds is 3. The van der Waals surface area contributed by atoms with E-state index in [1.165, 1.54) is 15.9 Å². The van der Waals surface area contributed by atoms with Gasteiger partial charge in [0.1, 0.15) is 0 Å². The normalized spacial score (nSPS) is 11.2. The van der Waals surface area contributed by atoms with E-state index in [0.717, 1.165) is 23.1 Å². The Labute approximate surface area is 118 Å². The summed E-state index contributed by atoms with van der Waals surface area (Å²) in [4.78, 5) is 4.62. The Balaban J connectivity index is 1.96. The number of nitrogens with zero attached hydrogens (tertiary/aromatic N) is 2. The maximum Gasteiger partial charge on any atom is 0.0926 e. The zero-order valence-corrected chi connectivity index (χ0v) is 12.5. The van der Waals surface area contributed by atoms with E-state index >= 15 is 0 Å². The van der Waals surface area contributed by atoms with Crippen LogP contribution < -0.4 is 0 Å². The van der Waals surface area contributed by atoms with Gasteiger partial charge in [0.15, 0.2) is 0 Å². The van der Waals surface area contributed by atoms with Crippen molar-refractivity contribution in [3.05, 3.63) is 51.0 Å². The number of thiazole rings is 1. The molecule has 3 rings (SSSR count). The SMILES string of the molecule is CCc1nc(Cn2ccc3ccc(Br)cc32)cs1. The third kappa shape index (κ3) is 2.22. The summed E-state index contributed by atoms with van der Waals surface area (Å²) in [6.07, 6.45) is 3.14. The van der Waals surface area contributed by atoms with Gasteiger partial charge in [0.25, 0.3) is 0 Å². The lowest BCUT2D eigenvalue weighted by atomic mass is 10.2. The first-order valence-corrected chi connectivity index (χ1v) is 7.61. The van der Waals surface area contributed by atoms with E-state index < -0.39 is 0 Å². The Kier molecular flexibility index (Phi) is 3.22. The molecule has 0 saturated heterocycles. The Morgan fingerprint density at radius 2 is 2.22 bits per heavy atom. The third-order valence-electron chi connectivity index (χ3n) is 2.97. The summed E-state index contributed by atoms with van der Waals surface area (Å²) in [5, 5.41) is 4.63. The first-order chi connectivity index (χ1) is 8.76. The summed E-state index contributed by atoms with van der Waals surface area (Å²) in [6.45, 7) is 2.99. The van der Waals surface area contributed by atoms with Crippen LogP contribution >= 0.6 is 27.3 Å². The Hall–Kier alpha value is -1.13. The van der Waals surface area contributed by atoms with Gasteiger partial charge in [-0.2, -0.15) is 0 Å². The molecule has 0 spiro atoms. The van der Waals surface area contributed by atoms with Crippen molar-refractivity contribution in [1.82, 2.24) is 9.55 Å². The van der Waals surface area contributed by atoms with Crippen molar-refractivity contribution in [2.75, 3.05) is 0 Å². The summed E-state index contributed by atoms with van der Waals surface area (Å²) >= 11 is 5.27. The van der Waals surface area contributed by atoms with E-state index in [-0.39, 0.29) is 0 Å². The monoisotopic (exact) mass is 320 g/mol.